The molecule has 0 heterocycles. The van der Waals surface area contributed by atoms with Crippen LogP contribution in [-0.4, -0.2) is 48.2 Å². The van der Waals surface area contributed by atoms with Crippen molar-refractivity contribution in [1.82, 2.24) is 10.6 Å². The predicted octanol–water partition coefficient (Wildman–Crippen LogP) is 6.19. The van der Waals surface area contributed by atoms with Gasteiger partial charge in [-0.2, -0.15) is 0 Å². The number of aldehydes is 1. The number of ether oxygens (including phenoxy) is 1. The molecule has 0 spiro atoms. The highest BCUT2D eigenvalue weighted by Crippen LogP contribution is 2.66. The minimum atomic E-state index is -0.709. The zero-order chi connectivity index (χ0) is 32.4. The first-order valence-corrected chi connectivity index (χ1v) is 17.5. The second-order valence-electron chi connectivity index (χ2n) is 17.0. The zero-order valence-corrected chi connectivity index (χ0v) is 28.8. The summed E-state index contributed by atoms with van der Waals surface area (Å²) >= 11 is 0. The third kappa shape index (κ3) is 5.51. The lowest BCUT2D eigenvalue weighted by atomic mass is 9.43. The van der Waals surface area contributed by atoms with Crippen LogP contribution in [0.25, 0.3) is 0 Å². The fourth-order valence-corrected chi connectivity index (χ4v) is 10.7. The number of Topliss-reactive ketones (excluding diaryl/α,β-unsaturated/α-hetero) is 1. The molecule has 0 radical (unpaired) electrons. The van der Waals surface area contributed by atoms with Gasteiger partial charge in [0.15, 0.2) is 5.78 Å². The number of likely N-dealkylation sites (N-methyl/N-ethyl adjacent to an activating group) is 1. The Kier molecular flexibility index (Phi) is 8.83. The van der Waals surface area contributed by atoms with Crippen LogP contribution in [0.5, 0.6) is 0 Å². The molecule has 2 N–H and O–H groups in total. The summed E-state index contributed by atoms with van der Waals surface area (Å²) < 4.78 is 6.05. The Morgan fingerprint density at radius 3 is 2.32 bits per heavy atom. The van der Waals surface area contributed by atoms with Crippen LogP contribution in [0.2, 0.25) is 0 Å². The van der Waals surface area contributed by atoms with Gasteiger partial charge in [-0.25, -0.2) is 0 Å². The van der Waals surface area contributed by atoms with Crippen molar-refractivity contribution in [3.8, 4) is 0 Å². The van der Waals surface area contributed by atoms with Crippen LogP contribution >= 0.6 is 0 Å². The summed E-state index contributed by atoms with van der Waals surface area (Å²) in [6.45, 7) is 16.5. The van der Waals surface area contributed by atoms with Crippen molar-refractivity contribution in [1.29, 1.82) is 0 Å². The third-order valence-electron chi connectivity index (χ3n) is 13.2. The lowest BCUT2D eigenvalue weighted by Crippen LogP contribution is -2.62. The van der Waals surface area contributed by atoms with Gasteiger partial charge < -0.3 is 20.2 Å². The largest absolute Gasteiger partial charge is 0.462 e. The summed E-state index contributed by atoms with van der Waals surface area (Å²) in [6, 6.07) is 0. The van der Waals surface area contributed by atoms with Crippen LogP contribution in [0.15, 0.2) is 11.1 Å². The molecule has 246 valence electrons. The lowest BCUT2D eigenvalue weighted by molar-refractivity contribution is -0.173. The van der Waals surface area contributed by atoms with Gasteiger partial charge in [0.1, 0.15) is 12.4 Å². The number of amides is 1. The first-order chi connectivity index (χ1) is 20.5. The fourth-order valence-electron chi connectivity index (χ4n) is 10.7. The lowest BCUT2D eigenvalue weighted by Gasteiger charge is -2.62. The molecule has 44 heavy (non-hydrogen) atoms. The number of carbonyl (C=O) groups excluding carboxylic acids is 4. The van der Waals surface area contributed by atoms with E-state index >= 15 is 0 Å². The van der Waals surface area contributed by atoms with E-state index in [1.165, 1.54) is 12.0 Å². The number of nitrogens with one attached hydrogen (secondary N) is 2. The maximum absolute atomic E-state index is 13.6. The highest BCUT2D eigenvalue weighted by molar-refractivity contribution is 6.02. The Hall–Kier alpha value is -2.02. The number of hydrogen-bond donors (Lipinski definition) is 2. The number of ketones is 1. The topological polar surface area (TPSA) is 102 Å². The number of fused-ring (bicyclic) bond motifs is 7. The monoisotopic (exact) mass is 610 g/mol. The van der Waals surface area contributed by atoms with Gasteiger partial charge in [0, 0.05) is 11.8 Å². The van der Waals surface area contributed by atoms with Crippen LogP contribution in [0.1, 0.15) is 120 Å². The SMILES string of the molecule is CNC(C)(C)C(=O)NC12CCC3C(CCC4C3CCC3C(C)C(OC(=O)CC(C)(C)C=O)CCC34C)C1=C(C(C)C)C(=O)C2. The fraction of sp³-hybridized carbons (Fsp3) is 0.838. The number of allylic oxidation sites excluding steroid dienone is 1. The van der Waals surface area contributed by atoms with Crippen LogP contribution in [0.3, 0.4) is 0 Å². The number of rotatable bonds is 8. The molecule has 7 nitrogen and oxygen atoms in total. The molecule has 1 amide bonds. The molecule has 4 fully saturated rings. The standard InChI is InChI=1S/C37H58N2O5/c1-21(2)31-28(41)18-37(39-33(43)35(6,7)38-9)17-14-23-24-10-12-26-22(3)29(44-30(42)19-34(4,5)20-40)15-16-36(26,8)27(24)13-11-25(23)32(31)37/h20-27,29,38H,10-19H2,1-9H3,(H,39,43). The Labute approximate surface area is 265 Å². The van der Waals surface area contributed by atoms with Crippen molar-refractivity contribution >= 4 is 23.9 Å². The van der Waals surface area contributed by atoms with Crippen molar-refractivity contribution < 1.29 is 23.9 Å². The molecular weight excluding hydrogens is 552 g/mol. The molecule has 0 saturated heterocycles. The average Bonchev–Trinajstić information content (AvgIpc) is 3.26. The predicted molar refractivity (Wildman–Crippen MR) is 171 cm³/mol. The maximum Gasteiger partial charge on any atom is 0.307 e. The molecular formula is C37H58N2O5. The minimum Gasteiger partial charge on any atom is -0.462 e. The van der Waals surface area contributed by atoms with Crippen LogP contribution in [-0.2, 0) is 23.9 Å². The maximum atomic E-state index is 13.6. The van der Waals surface area contributed by atoms with Gasteiger partial charge in [-0.3, -0.25) is 14.4 Å². The van der Waals surface area contributed by atoms with Crippen LogP contribution in [0, 0.1) is 52.3 Å². The molecule has 0 aromatic heterocycles. The van der Waals surface area contributed by atoms with E-state index < -0.39 is 16.5 Å². The van der Waals surface area contributed by atoms with Gasteiger partial charge in [0.05, 0.1) is 17.5 Å². The number of hydrogen-bond acceptors (Lipinski definition) is 6. The molecule has 0 bridgehead atoms. The smallest absolute Gasteiger partial charge is 0.307 e. The van der Waals surface area contributed by atoms with E-state index in [1.54, 1.807) is 13.8 Å². The van der Waals surface area contributed by atoms with Crippen molar-refractivity contribution in [3.05, 3.63) is 11.1 Å². The summed E-state index contributed by atoms with van der Waals surface area (Å²) in [5.41, 5.74) is 0.527. The van der Waals surface area contributed by atoms with Gasteiger partial charge in [0.25, 0.3) is 0 Å². The van der Waals surface area contributed by atoms with E-state index in [9.17, 15) is 19.2 Å². The van der Waals surface area contributed by atoms with E-state index in [0.29, 0.717) is 41.9 Å². The molecule has 0 aliphatic heterocycles. The normalized spacial score (nSPS) is 38.8. The van der Waals surface area contributed by atoms with Crippen molar-refractivity contribution in [2.24, 2.45) is 52.3 Å². The van der Waals surface area contributed by atoms with Crippen LogP contribution in [0.4, 0.5) is 0 Å². The van der Waals surface area contributed by atoms with Crippen molar-refractivity contribution in [3.63, 3.8) is 0 Å². The third-order valence-corrected chi connectivity index (χ3v) is 13.2. The highest BCUT2D eigenvalue weighted by atomic mass is 16.5. The van der Waals surface area contributed by atoms with Gasteiger partial charge in [-0.05, 0) is 130 Å². The van der Waals surface area contributed by atoms with Gasteiger partial charge in [0.2, 0.25) is 5.91 Å². The Bertz CT molecular complexity index is 1220. The summed E-state index contributed by atoms with van der Waals surface area (Å²) in [7, 11) is 1.81. The summed E-state index contributed by atoms with van der Waals surface area (Å²) in [4.78, 5) is 51.3. The van der Waals surface area contributed by atoms with E-state index in [-0.39, 0.29) is 41.5 Å². The number of carbonyl (C=O) groups is 4. The Balaban J connectivity index is 1.37. The second-order valence-corrected chi connectivity index (χ2v) is 17.0. The summed E-state index contributed by atoms with van der Waals surface area (Å²) in [5, 5.41) is 6.61. The molecule has 7 heteroatoms. The van der Waals surface area contributed by atoms with Gasteiger partial charge in [-0.1, -0.05) is 41.5 Å². The van der Waals surface area contributed by atoms with E-state index in [4.69, 9.17) is 4.74 Å². The summed E-state index contributed by atoms with van der Waals surface area (Å²) in [5.74, 6) is 3.03. The van der Waals surface area contributed by atoms with Gasteiger partial charge in [-0.15, -0.1) is 0 Å². The molecule has 5 aliphatic rings. The van der Waals surface area contributed by atoms with E-state index in [1.807, 2.05) is 20.9 Å². The first-order valence-electron chi connectivity index (χ1n) is 17.5. The molecule has 9 unspecified atom stereocenters. The molecule has 9 atom stereocenters. The number of esters is 1. The zero-order valence-electron chi connectivity index (χ0n) is 28.8. The quantitative estimate of drug-likeness (QED) is 0.251. The molecule has 0 aromatic rings. The molecule has 4 saturated carbocycles. The highest BCUT2D eigenvalue weighted by Gasteiger charge is 2.61. The molecule has 5 rings (SSSR count). The van der Waals surface area contributed by atoms with Gasteiger partial charge >= 0.3 is 5.97 Å². The summed E-state index contributed by atoms with van der Waals surface area (Å²) in [6.07, 6.45) is 9.68. The minimum absolute atomic E-state index is 0.0309. The molecule has 5 aliphatic carbocycles. The van der Waals surface area contributed by atoms with Crippen molar-refractivity contribution in [2.45, 2.75) is 137 Å². The first kappa shape index (κ1) is 33.3. The van der Waals surface area contributed by atoms with Crippen LogP contribution < -0.4 is 10.6 Å². The molecule has 0 aromatic carbocycles. The Morgan fingerprint density at radius 2 is 1.68 bits per heavy atom. The average molecular weight is 611 g/mol. The van der Waals surface area contributed by atoms with Crippen molar-refractivity contribution in [2.75, 3.05) is 7.05 Å². The van der Waals surface area contributed by atoms with E-state index in [0.717, 1.165) is 56.8 Å². The van der Waals surface area contributed by atoms with E-state index in [2.05, 4.69) is 38.3 Å². The Morgan fingerprint density at radius 1 is 1.00 bits per heavy atom. The second kappa shape index (κ2) is 11.7.